The van der Waals surface area contributed by atoms with Crippen LogP contribution in [-0.2, 0) is 0 Å². The maximum absolute atomic E-state index is 11.9. The Balaban J connectivity index is 1.81. The number of H-pyrrole nitrogens is 1. The molecule has 0 bridgehead atoms. The first-order valence-corrected chi connectivity index (χ1v) is 8.02. The van der Waals surface area contributed by atoms with Crippen molar-refractivity contribution in [2.24, 2.45) is 0 Å². The molecule has 0 aliphatic carbocycles. The Morgan fingerprint density at radius 1 is 1.46 bits per heavy atom. The summed E-state index contributed by atoms with van der Waals surface area (Å²) < 4.78 is 0. The van der Waals surface area contributed by atoms with Crippen molar-refractivity contribution in [3.63, 3.8) is 0 Å². The number of nitrogens with one attached hydrogen (secondary N) is 2. The van der Waals surface area contributed by atoms with Gasteiger partial charge in [0.15, 0.2) is 5.82 Å². The highest BCUT2D eigenvalue weighted by Crippen LogP contribution is 2.23. The summed E-state index contributed by atoms with van der Waals surface area (Å²) in [7, 11) is 0. The smallest absolute Gasteiger partial charge is 0.290 e. The molecule has 0 saturated carbocycles. The van der Waals surface area contributed by atoms with Crippen molar-refractivity contribution >= 4 is 11.5 Å². The number of piperidine rings is 1. The molecule has 1 atom stereocenters. The number of hydrogen-bond acceptors (Lipinski definition) is 6. The van der Waals surface area contributed by atoms with Gasteiger partial charge in [-0.15, -0.1) is 0 Å². The molecule has 7 heteroatoms. The monoisotopic (exact) mass is 324 g/mol. The van der Waals surface area contributed by atoms with Gasteiger partial charge in [0, 0.05) is 37.2 Å². The Hall–Kier alpha value is -2.88. The van der Waals surface area contributed by atoms with Crippen molar-refractivity contribution < 1.29 is 0 Å². The van der Waals surface area contributed by atoms with E-state index in [-0.39, 0.29) is 11.6 Å². The van der Waals surface area contributed by atoms with Crippen molar-refractivity contribution in [2.45, 2.75) is 32.7 Å². The lowest BCUT2D eigenvalue weighted by molar-refractivity contribution is 0.525. The zero-order valence-corrected chi connectivity index (χ0v) is 13.8. The van der Waals surface area contributed by atoms with Gasteiger partial charge in [0.05, 0.1) is 16.9 Å². The molecule has 2 aromatic rings. The standard InChI is InChI=1S/C17H20N6O/c1-11-8-15(14(9-18)12(2)21-11)22-13-4-3-7-23(10-13)16-17(24)20-6-5-19-16/h5-6,8,13H,3-4,7,10H2,1-2H3,(H,20,24)(H,21,22)/t13-/m0/s1. The number of nitrogens with zero attached hydrogens (tertiary/aromatic N) is 4. The minimum Gasteiger partial charge on any atom is -0.379 e. The van der Waals surface area contributed by atoms with Gasteiger partial charge in [0.2, 0.25) is 0 Å². The fourth-order valence-corrected chi connectivity index (χ4v) is 3.16. The molecule has 1 saturated heterocycles. The van der Waals surface area contributed by atoms with E-state index in [1.165, 1.54) is 6.20 Å². The van der Waals surface area contributed by atoms with Crippen LogP contribution in [0, 0.1) is 25.2 Å². The normalized spacial score (nSPS) is 17.4. The number of aromatic nitrogens is 3. The number of aryl methyl sites for hydroxylation is 2. The Bertz CT molecular complexity index is 838. The molecule has 2 N–H and O–H groups in total. The van der Waals surface area contributed by atoms with Crippen molar-refractivity contribution in [3.05, 3.63) is 45.8 Å². The van der Waals surface area contributed by atoms with Crippen LogP contribution in [0.15, 0.2) is 23.3 Å². The summed E-state index contributed by atoms with van der Waals surface area (Å²) in [5.41, 5.74) is 2.82. The molecule has 124 valence electrons. The minimum absolute atomic E-state index is 0.147. The quantitative estimate of drug-likeness (QED) is 0.892. The predicted molar refractivity (Wildman–Crippen MR) is 92.1 cm³/mol. The molecule has 7 nitrogen and oxygen atoms in total. The Labute approximate surface area is 140 Å². The highest BCUT2D eigenvalue weighted by atomic mass is 16.1. The number of pyridine rings is 1. The Kier molecular flexibility index (Phi) is 4.47. The van der Waals surface area contributed by atoms with Crippen molar-refractivity contribution in [2.75, 3.05) is 23.3 Å². The first-order chi connectivity index (χ1) is 11.6. The van der Waals surface area contributed by atoms with E-state index < -0.39 is 0 Å². The zero-order chi connectivity index (χ0) is 17.1. The lowest BCUT2D eigenvalue weighted by Gasteiger charge is -2.34. The molecule has 0 amide bonds. The SMILES string of the molecule is Cc1cc(N[C@H]2CCCN(c3ncc[nH]c3=O)C2)c(C#N)c(C)n1. The number of nitriles is 1. The molecule has 0 spiro atoms. The van der Waals surface area contributed by atoms with Gasteiger partial charge in [-0.25, -0.2) is 4.98 Å². The Morgan fingerprint density at radius 2 is 2.29 bits per heavy atom. The van der Waals surface area contributed by atoms with Gasteiger partial charge in [0.1, 0.15) is 6.07 Å². The largest absolute Gasteiger partial charge is 0.379 e. The van der Waals surface area contributed by atoms with Gasteiger partial charge in [-0.2, -0.15) is 5.26 Å². The van der Waals surface area contributed by atoms with Crippen LogP contribution in [-0.4, -0.2) is 34.1 Å². The molecule has 1 fully saturated rings. The summed E-state index contributed by atoms with van der Waals surface area (Å²) in [4.78, 5) is 25.1. The van der Waals surface area contributed by atoms with Crippen LogP contribution in [0.5, 0.6) is 0 Å². The molecule has 0 aromatic carbocycles. The van der Waals surface area contributed by atoms with Gasteiger partial charge in [0.25, 0.3) is 5.56 Å². The molecule has 2 aromatic heterocycles. The van der Waals surface area contributed by atoms with Crippen LogP contribution in [0.3, 0.4) is 0 Å². The molecule has 3 heterocycles. The summed E-state index contributed by atoms with van der Waals surface area (Å²) in [5, 5.41) is 12.8. The highest BCUT2D eigenvalue weighted by molar-refractivity contribution is 5.60. The van der Waals surface area contributed by atoms with Crippen LogP contribution < -0.4 is 15.8 Å². The lowest BCUT2D eigenvalue weighted by Crippen LogP contribution is -2.44. The average molecular weight is 324 g/mol. The van der Waals surface area contributed by atoms with Crippen LogP contribution in [0.1, 0.15) is 29.8 Å². The van der Waals surface area contributed by atoms with Crippen LogP contribution >= 0.6 is 0 Å². The number of anilines is 2. The van der Waals surface area contributed by atoms with E-state index >= 15 is 0 Å². The van der Waals surface area contributed by atoms with Gasteiger partial charge in [-0.1, -0.05) is 0 Å². The molecule has 3 rings (SSSR count). The summed E-state index contributed by atoms with van der Waals surface area (Å²) in [6.45, 7) is 5.24. The van der Waals surface area contributed by atoms with Crippen molar-refractivity contribution in [3.8, 4) is 6.07 Å². The van der Waals surface area contributed by atoms with Crippen LogP contribution in [0.25, 0.3) is 0 Å². The average Bonchev–Trinajstić information content (AvgIpc) is 2.55. The summed E-state index contributed by atoms with van der Waals surface area (Å²) in [6, 6.07) is 4.27. The Morgan fingerprint density at radius 3 is 3.04 bits per heavy atom. The fraction of sp³-hybridized carbons (Fsp3) is 0.412. The second-order valence-corrected chi connectivity index (χ2v) is 6.05. The molecular weight excluding hydrogens is 304 g/mol. The van der Waals surface area contributed by atoms with Crippen LogP contribution in [0.4, 0.5) is 11.5 Å². The van der Waals surface area contributed by atoms with E-state index in [1.807, 2.05) is 24.8 Å². The third kappa shape index (κ3) is 3.23. The van der Waals surface area contributed by atoms with E-state index in [9.17, 15) is 10.1 Å². The van der Waals surface area contributed by atoms with Crippen molar-refractivity contribution in [1.29, 1.82) is 5.26 Å². The maximum atomic E-state index is 11.9. The molecule has 0 unspecified atom stereocenters. The van der Waals surface area contributed by atoms with Gasteiger partial charge < -0.3 is 15.2 Å². The molecule has 0 radical (unpaired) electrons. The highest BCUT2D eigenvalue weighted by Gasteiger charge is 2.23. The van der Waals surface area contributed by atoms with E-state index in [0.717, 1.165) is 36.5 Å². The topological polar surface area (TPSA) is 97.7 Å². The third-order valence-corrected chi connectivity index (χ3v) is 4.21. The maximum Gasteiger partial charge on any atom is 0.290 e. The van der Waals surface area contributed by atoms with Crippen LogP contribution in [0.2, 0.25) is 0 Å². The first-order valence-electron chi connectivity index (χ1n) is 8.02. The molecule has 24 heavy (non-hydrogen) atoms. The lowest BCUT2D eigenvalue weighted by atomic mass is 10.0. The van der Waals surface area contributed by atoms with E-state index in [2.05, 4.69) is 26.3 Å². The third-order valence-electron chi connectivity index (χ3n) is 4.21. The van der Waals surface area contributed by atoms with Gasteiger partial charge >= 0.3 is 0 Å². The minimum atomic E-state index is -0.175. The van der Waals surface area contributed by atoms with E-state index in [0.29, 0.717) is 17.9 Å². The number of aromatic amines is 1. The summed E-state index contributed by atoms with van der Waals surface area (Å²) in [6.07, 6.45) is 5.06. The van der Waals surface area contributed by atoms with Crippen molar-refractivity contribution in [1.82, 2.24) is 15.0 Å². The molecule has 1 aliphatic rings. The number of hydrogen-bond donors (Lipinski definition) is 2. The molecule has 1 aliphatic heterocycles. The second kappa shape index (κ2) is 6.71. The van der Waals surface area contributed by atoms with E-state index in [1.54, 1.807) is 6.20 Å². The number of rotatable bonds is 3. The van der Waals surface area contributed by atoms with Gasteiger partial charge in [-0.05, 0) is 32.8 Å². The zero-order valence-electron chi connectivity index (χ0n) is 13.8. The van der Waals surface area contributed by atoms with Gasteiger partial charge in [-0.3, -0.25) is 9.78 Å². The fourth-order valence-electron chi connectivity index (χ4n) is 3.16. The summed E-state index contributed by atoms with van der Waals surface area (Å²) in [5.74, 6) is 0.451. The second-order valence-electron chi connectivity index (χ2n) is 6.05. The summed E-state index contributed by atoms with van der Waals surface area (Å²) >= 11 is 0. The first kappa shape index (κ1) is 16.0. The molecular formula is C17H20N6O. The predicted octanol–water partition coefficient (Wildman–Crippen LogP) is 1.73. The van der Waals surface area contributed by atoms with E-state index in [4.69, 9.17) is 0 Å².